The van der Waals surface area contributed by atoms with Gasteiger partial charge in [0.1, 0.15) is 17.0 Å². The summed E-state index contributed by atoms with van der Waals surface area (Å²) in [7, 11) is 0.986. The lowest BCUT2D eigenvalue weighted by molar-refractivity contribution is 0.0483. The summed E-state index contributed by atoms with van der Waals surface area (Å²) in [6.45, 7) is 1.26. The van der Waals surface area contributed by atoms with Gasteiger partial charge in [-0.1, -0.05) is 0 Å². The molecule has 0 saturated heterocycles. The number of nitrogens with zero attached hydrogens (tertiary/aromatic N) is 2. The maximum absolute atomic E-state index is 13.1. The fraction of sp³-hybridized carbons (Fsp3) is 0.556. The van der Waals surface area contributed by atoms with Gasteiger partial charge >= 0.3 is 11.4 Å². The van der Waals surface area contributed by atoms with Gasteiger partial charge < -0.3 is 4.74 Å². The normalized spacial score (nSPS) is 12.0. The van der Waals surface area contributed by atoms with Crippen LogP contribution in [0, 0.1) is 0 Å². The Kier molecular flexibility index (Phi) is 4.20. The smallest absolute Gasteiger partial charge is 0.365 e. The Morgan fingerprint density at radius 2 is 2.11 bits per heavy atom. The third-order valence-electron chi connectivity index (χ3n) is 2.03. The first kappa shape index (κ1) is 14.7. The van der Waals surface area contributed by atoms with E-state index in [1.165, 1.54) is 6.92 Å². The molecule has 0 aromatic carbocycles. The third-order valence-corrected chi connectivity index (χ3v) is 2.21. The Morgan fingerprint density at radius 3 is 2.50 bits per heavy atom. The molecule has 0 N–H and O–H groups in total. The van der Waals surface area contributed by atoms with Gasteiger partial charge in [-0.25, -0.2) is 13.6 Å². The molecule has 0 bridgehead atoms. The van der Waals surface area contributed by atoms with E-state index in [1.54, 1.807) is 0 Å². The summed E-state index contributed by atoms with van der Waals surface area (Å²) in [6.07, 6.45) is -3.19. The molecule has 1 aromatic rings. The molecule has 9 heteroatoms. The van der Waals surface area contributed by atoms with Gasteiger partial charge in [-0.05, 0) is 18.5 Å². The number of alkyl halides is 5. The van der Waals surface area contributed by atoms with Crippen LogP contribution in [0.25, 0.3) is 0 Å². The molecule has 18 heavy (non-hydrogen) atoms. The van der Waals surface area contributed by atoms with Crippen LogP contribution in [0.5, 0.6) is 0 Å². The Labute approximate surface area is 104 Å². The number of halogens is 5. The molecule has 0 unspecified atom stereocenters. The molecule has 0 aliphatic heterocycles. The lowest BCUT2D eigenvalue weighted by atomic mass is 10.2. The van der Waals surface area contributed by atoms with Gasteiger partial charge in [-0.15, -0.1) is 0 Å². The molecule has 0 fully saturated rings. The second-order valence-corrected chi connectivity index (χ2v) is 3.73. The average molecular weight is 289 g/mol. The van der Waals surface area contributed by atoms with Crippen LogP contribution in [-0.4, -0.2) is 22.4 Å². The van der Waals surface area contributed by atoms with Crippen molar-refractivity contribution in [3.63, 3.8) is 0 Å². The third kappa shape index (κ3) is 2.74. The van der Waals surface area contributed by atoms with Gasteiger partial charge in [0, 0.05) is 7.05 Å². The molecule has 0 atom stereocenters. The van der Waals surface area contributed by atoms with E-state index in [0.717, 1.165) is 7.05 Å². The van der Waals surface area contributed by atoms with Crippen molar-refractivity contribution in [1.29, 1.82) is 0 Å². The molecular weight excluding hydrogens is 280 g/mol. The lowest BCUT2D eigenvalue weighted by Crippen LogP contribution is -2.17. The largest absolute Gasteiger partial charge is 0.462 e. The van der Waals surface area contributed by atoms with Crippen molar-refractivity contribution < 1.29 is 27.1 Å². The number of carbonyl (C=O) groups excluding carboxylic acids is 1. The Balaban J connectivity index is 3.46. The van der Waals surface area contributed by atoms with Crippen LogP contribution in [0.1, 0.15) is 35.1 Å². The SMILES string of the molecule is CCOC(=O)c1c(C(F)F)nn(C)c1C(F)(F)Cl. The van der Waals surface area contributed by atoms with E-state index in [4.69, 9.17) is 11.6 Å². The number of carbonyl (C=O) groups is 1. The van der Waals surface area contributed by atoms with Gasteiger partial charge in [-0.3, -0.25) is 4.68 Å². The number of aromatic nitrogens is 2. The van der Waals surface area contributed by atoms with Crippen LogP contribution < -0.4 is 0 Å². The summed E-state index contributed by atoms with van der Waals surface area (Å²) in [4.78, 5) is 11.4. The summed E-state index contributed by atoms with van der Waals surface area (Å²) < 4.78 is 56.4. The van der Waals surface area contributed by atoms with Gasteiger partial charge in [-0.2, -0.15) is 13.9 Å². The first-order chi connectivity index (χ1) is 8.20. The fourth-order valence-electron chi connectivity index (χ4n) is 1.43. The van der Waals surface area contributed by atoms with E-state index >= 15 is 0 Å². The van der Waals surface area contributed by atoms with E-state index in [2.05, 4.69) is 9.84 Å². The summed E-state index contributed by atoms with van der Waals surface area (Å²) in [5.41, 5.74) is -3.18. The fourth-order valence-corrected chi connectivity index (χ4v) is 1.64. The van der Waals surface area contributed by atoms with Crippen LogP contribution >= 0.6 is 11.6 Å². The van der Waals surface area contributed by atoms with Gasteiger partial charge in [0.15, 0.2) is 0 Å². The minimum absolute atomic E-state index is 0.149. The first-order valence-electron chi connectivity index (χ1n) is 4.79. The number of esters is 1. The van der Waals surface area contributed by atoms with Crippen LogP contribution in [0.2, 0.25) is 0 Å². The van der Waals surface area contributed by atoms with Gasteiger partial charge in [0.2, 0.25) is 0 Å². The van der Waals surface area contributed by atoms with Crippen molar-refractivity contribution in [2.24, 2.45) is 7.05 Å². The number of hydrogen-bond acceptors (Lipinski definition) is 3. The molecule has 0 saturated carbocycles. The van der Waals surface area contributed by atoms with Crippen molar-refractivity contribution in [1.82, 2.24) is 9.78 Å². The van der Waals surface area contributed by atoms with E-state index in [9.17, 15) is 22.4 Å². The molecule has 0 amide bonds. The molecule has 0 aliphatic carbocycles. The highest BCUT2D eigenvalue weighted by molar-refractivity contribution is 6.22. The van der Waals surface area contributed by atoms with Crippen molar-refractivity contribution in [3.05, 3.63) is 17.0 Å². The number of ether oxygens (including phenoxy) is 1. The minimum atomic E-state index is -4.00. The Bertz CT molecular complexity index is 456. The van der Waals surface area contributed by atoms with E-state index in [1.807, 2.05) is 0 Å². The molecule has 0 radical (unpaired) electrons. The molecule has 0 spiro atoms. The van der Waals surface area contributed by atoms with Crippen LogP contribution in [0.3, 0.4) is 0 Å². The minimum Gasteiger partial charge on any atom is -0.462 e. The lowest BCUT2D eigenvalue weighted by Gasteiger charge is -2.10. The zero-order valence-electron chi connectivity index (χ0n) is 9.39. The van der Waals surface area contributed by atoms with E-state index in [0.29, 0.717) is 4.68 Å². The predicted octanol–water partition coefficient (Wildman–Crippen LogP) is 2.82. The van der Waals surface area contributed by atoms with Crippen molar-refractivity contribution in [2.45, 2.75) is 18.7 Å². The van der Waals surface area contributed by atoms with E-state index < -0.39 is 34.7 Å². The van der Waals surface area contributed by atoms with Crippen molar-refractivity contribution >= 4 is 17.6 Å². The first-order valence-corrected chi connectivity index (χ1v) is 5.17. The molecule has 0 aliphatic rings. The molecule has 1 rings (SSSR count). The summed E-state index contributed by atoms with van der Waals surface area (Å²) in [6, 6.07) is 0. The highest BCUT2D eigenvalue weighted by Crippen LogP contribution is 2.38. The van der Waals surface area contributed by atoms with Crippen molar-refractivity contribution in [3.8, 4) is 0 Å². The zero-order chi connectivity index (χ0) is 14.1. The number of aryl methyl sites for hydroxylation is 1. The summed E-state index contributed by atoms with van der Waals surface area (Å²) >= 11 is 4.78. The van der Waals surface area contributed by atoms with E-state index in [-0.39, 0.29) is 6.61 Å². The van der Waals surface area contributed by atoms with Crippen molar-refractivity contribution in [2.75, 3.05) is 6.61 Å². The molecular formula is C9H9ClF4N2O2. The maximum Gasteiger partial charge on any atom is 0.365 e. The summed E-state index contributed by atoms with van der Waals surface area (Å²) in [5.74, 6) is -1.31. The molecule has 4 nitrogen and oxygen atoms in total. The topological polar surface area (TPSA) is 44.1 Å². The predicted molar refractivity (Wildman–Crippen MR) is 53.9 cm³/mol. The second kappa shape index (κ2) is 5.13. The zero-order valence-corrected chi connectivity index (χ0v) is 10.1. The molecule has 1 heterocycles. The van der Waals surface area contributed by atoms with Gasteiger partial charge in [0.25, 0.3) is 6.43 Å². The molecule has 1 aromatic heterocycles. The standard InChI is InChI=1S/C9H9ClF4N2O2/c1-3-18-8(17)4-5(7(11)12)15-16(2)6(4)9(10,13)14/h7H,3H2,1-2H3. The highest BCUT2D eigenvalue weighted by atomic mass is 35.5. The Morgan fingerprint density at radius 1 is 1.56 bits per heavy atom. The van der Waals surface area contributed by atoms with Crippen LogP contribution in [0.4, 0.5) is 17.6 Å². The quantitative estimate of drug-likeness (QED) is 0.486. The number of hydrogen-bond donors (Lipinski definition) is 0. The monoisotopic (exact) mass is 288 g/mol. The summed E-state index contributed by atoms with van der Waals surface area (Å²) in [5, 5.41) is -0.822. The second-order valence-electron chi connectivity index (χ2n) is 3.25. The Hall–Kier alpha value is -1.31. The number of rotatable bonds is 4. The van der Waals surface area contributed by atoms with Crippen LogP contribution in [-0.2, 0) is 17.2 Å². The van der Waals surface area contributed by atoms with Crippen LogP contribution in [0.15, 0.2) is 0 Å². The molecule has 102 valence electrons. The highest BCUT2D eigenvalue weighted by Gasteiger charge is 2.41. The van der Waals surface area contributed by atoms with Gasteiger partial charge in [0.05, 0.1) is 6.61 Å². The average Bonchev–Trinajstić information content (AvgIpc) is 2.55. The maximum atomic E-state index is 13.1.